The average Bonchev–Trinajstić information content (AvgIpc) is 3.57. The Morgan fingerprint density at radius 3 is 2.44 bits per heavy atom. The molecule has 1 aromatic carbocycles. The van der Waals surface area contributed by atoms with E-state index in [1.165, 1.54) is 17.3 Å². The van der Waals surface area contributed by atoms with Crippen molar-refractivity contribution in [2.24, 2.45) is 5.41 Å². The summed E-state index contributed by atoms with van der Waals surface area (Å²) in [6, 6.07) is 8.69. The molecule has 4 N–H and O–H groups in total. The van der Waals surface area contributed by atoms with E-state index in [2.05, 4.69) is 74.1 Å². The Bertz CT molecular complexity index is 1670. The highest BCUT2D eigenvalue weighted by atomic mass is 35.5. The molecule has 3 aromatic rings. The predicted octanol–water partition coefficient (Wildman–Crippen LogP) is 2.84. The van der Waals surface area contributed by atoms with Gasteiger partial charge in [0.1, 0.15) is 35.1 Å². The molecule has 1 atom stereocenters. The van der Waals surface area contributed by atoms with Crippen molar-refractivity contribution in [3.05, 3.63) is 70.2 Å². The first-order chi connectivity index (χ1) is 20.0. The Labute approximate surface area is 257 Å². The molecule has 5 rings (SSSR count). The zero-order valence-corrected chi connectivity index (χ0v) is 26.0. The highest BCUT2D eigenvalue weighted by molar-refractivity contribution is 6.42. The van der Waals surface area contributed by atoms with Crippen LogP contribution in [0.25, 0.3) is 10.9 Å². The highest BCUT2D eigenvalue weighted by Gasteiger charge is 2.57. The first kappa shape index (κ1) is 30.9. The first-order valence-electron chi connectivity index (χ1n) is 14.1. The highest BCUT2D eigenvalue weighted by Crippen LogP contribution is 2.48. The van der Waals surface area contributed by atoms with E-state index in [4.69, 9.17) is 11.6 Å². The van der Waals surface area contributed by atoms with Crippen molar-refractivity contribution in [2.45, 2.75) is 63.3 Å². The maximum atomic E-state index is 14.1. The number of aryl methyl sites for hydroxylation is 1. The summed E-state index contributed by atoms with van der Waals surface area (Å²) in [6.07, 6.45) is 1.27. The fourth-order valence-corrected chi connectivity index (χ4v) is 5.45. The summed E-state index contributed by atoms with van der Waals surface area (Å²) in [5, 5.41) is 19.0. The minimum Gasteiger partial charge on any atom is -0.393 e. The largest absolute Gasteiger partial charge is 0.393 e. The number of anilines is 2. The second-order valence-corrected chi connectivity index (χ2v) is 13.5. The number of nitriles is 1. The monoisotopic (exact) mass is 606 g/mol. The molecule has 0 bridgehead atoms. The average molecular weight is 607 g/mol. The van der Waals surface area contributed by atoms with Crippen LogP contribution in [0.3, 0.4) is 0 Å². The van der Waals surface area contributed by atoms with Gasteiger partial charge in [-0.05, 0) is 54.3 Å². The molecule has 8 nitrogen and oxygen atoms in total. The summed E-state index contributed by atoms with van der Waals surface area (Å²) in [5.74, 6) is -0.632. The molecule has 222 valence electrons. The zero-order chi connectivity index (χ0) is 31.5. The number of hydrazine groups is 2. The van der Waals surface area contributed by atoms with Crippen LogP contribution < -0.4 is 21.6 Å². The lowest BCUT2D eigenvalue weighted by Crippen LogP contribution is -2.51. The summed E-state index contributed by atoms with van der Waals surface area (Å²) in [5.41, 5.74) is 6.95. The van der Waals surface area contributed by atoms with Gasteiger partial charge in [-0.3, -0.25) is 9.99 Å². The number of nitrogens with one attached hydrogen (secondary N) is 4. The molecule has 1 unspecified atom stereocenters. The van der Waals surface area contributed by atoms with E-state index in [0.29, 0.717) is 62.7 Å². The molecular formula is C28H33B3ClF3N8. The predicted molar refractivity (Wildman–Crippen MR) is 171 cm³/mol. The summed E-state index contributed by atoms with van der Waals surface area (Å²) in [6.45, 7) is 8.02. The second kappa shape index (κ2) is 10.6. The molecule has 1 aliphatic carbocycles. The number of halogens is 4. The van der Waals surface area contributed by atoms with Crippen LogP contribution in [0.15, 0.2) is 42.4 Å². The van der Waals surface area contributed by atoms with Crippen LogP contribution in [0.4, 0.5) is 24.5 Å². The Hall–Kier alpha value is -3.56. The molecule has 15 heteroatoms. The van der Waals surface area contributed by atoms with E-state index in [-0.39, 0.29) is 5.41 Å². The van der Waals surface area contributed by atoms with Crippen molar-refractivity contribution in [3.63, 3.8) is 0 Å². The lowest BCUT2D eigenvalue weighted by Gasteiger charge is -2.41. The second-order valence-electron chi connectivity index (χ2n) is 13.1. The van der Waals surface area contributed by atoms with Gasteiger partial charge in [0, 0.05) is 29.2 Å². The topological polar surface area (TPSA) is 101 Å². The van der Waals surface area contributed by atoms with Crippen LogP contribution in [0.5, 0.6) is 0 Å². The van der Waals surface area contributed by atoms with Crippen LogP contribution in [0.1, 0.15) is 50.4 Å². The number of hydrogen-bond acceptors (Lipinski definition) is 8. The van der Waals surface area contributed by atoms with E-state index in [0.717, 1.165) is 0 Å². The molecule has 43 heavy (non-hydrogen) atoms. The minimum absolute atomic E-state index is 0.169. The number of rotatable bonds is 8. The first-order valence-corrected chi connectivity index (χ1v) is 14.4. The third-order valence-corrected chi connectivity index (χ3v) is 9.39. The van der Waals surface area contributed by atoms with E-state index in [1.54, 1.807) is 25.3 Å². The van der Waals surface area contributed by atoms with Crippen LogP contribution in [0, 0.1) is 29.6 Å². The molecule has 2 aromatic heterocycles. The maximum absolute atomic E-state index is 14.1. The van der Waals surface area contributed by atoms with Crippen molar-refractivity contribution < 1.29 is 13.2 Å². The zero-order valence-electron chi connectivity index (χ0n) is 25.3. The lowest BCUT2D eigenvalue weighted by atomic mass is 9.49. The van der Waals surface area contributed by atoms with Gasteiger partial charge in [-0.25, -0.2) is 13.8 Å². The van der Waals surface area contributed by atoms with Gasteiger partial charge >= 0.3 is 0 Å². The SMILES string of the molecule is BC(Nc1cc(Cl)c2ncc(C#N)c(NC(B)(B)C(C)(C)C)c2c1)(C1=CN(C2(C(F)F)CC2)NN1)c1ccc(F)nc1C. The molecule has 2 aliphatic rings. The van der Waals surface area contributed by atoms with Gasteiger partial charge in [0.25, 0.3) is 6.43 Å². The third-order valence-electron chi connectivity index (χ3n) is 9.10. The Kier molecular flexibility index (Phi) is 7.59. The smallest absolute Gasteiger partial charge is 0.262 e. The van der Waals surface area contributed by atoms with Crippen molar-refractivity contribution in [1.29, 1.82) is 5.26 Å². The molecule has 3 heterocycles. The van der Waals surface area contributed by atoms with Crippen LogP contribution in [-0.2, 0) is 5.44 Å². The molecule has 1 fully saturated rings. The van der Waals surface area contributed by atoms with Crippen LogP contribution >= 0.6 is 11.6 Å². The van der Waals surface area contributed by atoms with Crippen molar-refractivity contribution in [3.8, 4) is 6.07 Å². The Morgan fingerprint density at radius 1 is 1.16 bits per heavy atom. The maximum Gasteiger partial charge on any atom is 0.262 e. The standard InChI is InChI=1S/C28H33B3ClF3N8/c1-14-18(5-6-21(33)38-14)27(29,20-13-43(42-41-20)26(7-8-26)24(34)35)39-16-9-17-22(40-28(30,31)25(2,3)4)15(11-36)12-37-23(17)19(32)10-16/h5-6,9-10,12-13,24,39,41-42H,7-8,29-31H2,1-4H3,(H,37,40). The number of alkyl halides is 2. The molecule has 0 amide bonds. The summed E-state index contributed by atoms with van der Waals surface area (Å²) in [4.78, 5) is 8.51. The Balaban J connectivity index is 1.65. The van der Waals surface area contributed by atoms with E-state index in [1.807, 2.05) is 13.9 Å². The fraction of sp³-hybridized carbons (Fsp3) is 0.393. The molecule has 1 aliphatic heterocycles. The van der Waals surface area contributed by atoms with Crippen LogP contribution in [0.2, 0.25) is 5.02 Å². The van der Waals surface area contributed by atoms with Gasteiger partial charge < -0.3 is 16.1 Å². The number of fused-ring (bicyclic) bond motifs is 1. The van der Waals surface area contributed by atoms with Crippen LogP contribution in [-0.4, -0.2) is 55.8 Å². The van der Waals surface area contributed by atoms with Gasteiger partial charge in [-0.1, -0.05) is 38.4 Å². The van der Waals surface area contributed by atoms with Crippen molar-refractivity contribution >= 4 is 57.4 Å². The van der Waals surface area contributed by atoms with Gasteiger partial charge in [0.15, 0.2) is 0 Å². The van der Waals surface area contributed by atoms with Gasteiger partial charge in [-0.2, -0.15) is 9.65 Å². The number of benzene rings is 1. The van der Waals surface area contributed by atoms with Gasteiger partial charge in [-0.15, -0.1) is 5.53 Å². The number of nitrogens with zero attached hydrogens (tertiary/aromatic N) is 4. The van der Waals surface area contributed by atoms with E-state index in [9.17, 15) is 18.4 Å². The minimum atomic E-state index is -2.55. The molecule has 0 radical (unpaired) electrons. The number of pyridine rings is 2. The summed E-state index contributed by atoms with van der Waals surface area (Å²) in [7, 11) is 5.98. The lowest BCUT2D eigenvalue weighted by molar-refractivity contribution is 0.00910. The van der Waals surface area contributed by atoms with Crippen molar-refractivity contribution in [2.75, 3.05) is 10.6 Å². The summed E-state index contributed by atoms with van der Waals surface area (Å²) < 4.78 is 42.0. The van der Waals surface area contributed by atoms with Crippen molar-refractivity contribution in [1.82, 2.24) is 25.9 Å². The molecule has 0 spiro atoms. The molecule has 0 saturated heterocycles. The molecular weight excluding hydrogens is 573 g/mol. The number of aromatic nitrogens is 2. The summed E-state index contributed by atoms with van der Waals surface area (Å²) >= 11 is 6.79. The van der Waals surface area contributed by atoms with Gasteiger partial charge in [0.05, 0.1) is 32.9 Å². The molecule has 1 saturated carbocycles. The van der Waals surface area contributed by atoms with E-state index < -0.39 is 28.7 Å². The normalized spacial score (nSPS) is 17.7. The Morgan fingerprint density at radius 2 is 1.86 bits per heavy atom. The van der Waals surface area contributed by atoms with Gasteiger partial charge in [0.2, 0.25) is 5.95 Å². The van der Waals surface area contributed by atoms with E-state index >= 15 is 0 Å². The quantitative estimate of drug-likeness (QED) is 0.230. The number of hydrogen-bond donors (Lipinski definition) is 4. The third kappa shape index (κ3) is 5.38. The fourth-order valence-electron chi connectivity index (χ4n) is 5.18.